The van der Waals surface area contributed by atoms with E-state index >= 15 is 0 Å². The van der Waals surface area contributed by atoms with Gasteiger partial charge in [0.2, 0.25) is 15.9 Å². The molecule has 2 aliphatic heterocycles. The van der Waals surface area contributed by atoms with Gasteiger partial charge in [0, 0.05) is 51.4 Å². The van der Waals surface area contributed by atoms with Crippen molar-refractivity contribution in [2.45, 2.75) is 30.1 Å². The Morgan fingerprint density at radius 1 is 0.923 bits per heavy atom. The zero-order valence-corrected chi connectivity index (χ0v) is 22.2. The summed E-state index contributed by atoms with van der Waals surface area (Å²) in [5, 5.41) is 5.27. The van der Waals surface area contributed by atoms with E-state index in [1.165, 1.54) is 10.4 Å². The molecule has 2 amide bonds. The van der Waals surface area contributed by atoms with E-state index in [0.29, 0.717) is 37.6 Å². The third-order valence-corrected chi connectivity index (χ3v) is 8.88. The van der Waals surface area contributed by atoms with Crippen molar-refractivity contribution in [1.82, 2.24) is 24.7 Å². The fourth-order valence-electron chi connectivity index (χ4n) is 4.80. The maximum atomic E-state index is 12.9. The van der Waals surface area contributed by atoms with E-state index in [1.54, 1.807) is 30.3 Å². The average molecular weight is 568 g/mol. The highest BCUT2D eigenvalue weighted by atomic mass is 32.2. The summed E-state index contributed by atoms with van der Waals surface area (Å²) in [5.41, 5.74) is -1.10. The number of hydrogen-bond donors (Lipinski definition) is 2. The number of nitrogens with zero attached hydrogens (tertiary/aromatic N) is 3. The van der Waals surface area contributed by atoms with Crippen molar-refractivity contribution in [3.05, 3.63) is 65.7 Å². The van der Waals surface area contributed by atoms with Crippen LogP contribution in [0.5, 0.6) is 0 Å². The highest BCUT2D eigenvalue weighted by Crippen LogP contribution is 2.29. The maximum Gasteiger partial charge on any atom is 0.416 e. The summed E-state index contributed by atoms with van der Waals surface area (Å²) in [6.45, 7) is 3.88. The predicted molar refractivity (Wildman–Crippen MR) is 138 cm³/mol. The van der Waals surface area contributed by atoms with Crippen LogP contribution in [0, 0.1) is 0 Å². The molecule has 13 heteroatoms. The Labute approximate surface area is 226 Å². The number of likely N-dealkylation sites (tertiary alicyclic amines) is 1. The molecule has 4 rings (SSSR count). The molecule has 212 valence electrons. The van der Waals surface area contributed by atoms with Gasteiger partial charge in [-0.2, -0.15) is 17.5 Å². The first kappa shape index (κ1) is 29.0. The minimum Gasteiger partial charge on any atom is -0.343 e. The van der Waals surface area contributed by atoms with Crippen molar-refractivity contribution < 1.29 is 31.2 Å². The van der Waals surface area contributed by atoms with E-state index < -0.39 is 33.6 Å². The number of rotatable bonds is 9. The van der Waals surface area contributed by atoms with E-state index in [0.717, 1.165) is 44.1 Å². The van der Waals surface area contributed by atoms with E-state index in [-0.39, 0.29) is 18.3 Å². The number of halogens is 3. The van der Waals surface area contributed by atoms with Crippen molar-refractivity contribution in [3.8, 4) is 0 Å². The van der Waals surface area contributed by atoms with Crippen LogP contribution in [0.2, 0.25) is 0 Å². The third kappa shape index (κ3) is 7.56. The zero-order chi connectivity index (χ0) is 28.0. The monoisotopic (exact) mass is 567 g/mol. The molecule has 2 aliphatic rings. The van der Waals surface area contributed by atoms with Crippen LogP contribution in [0.4, 0.5) is 13.2 Å². The van der Waals surface area contributed by atoms with E-state index in [4.69, 9.17) is 0 Å². The Morgan fingerprint density at radius 2 is 1.64 bits per heavy atom. The first-order valence-electron chi connectivity index (χ1n) is 12.8. The minimum atomic E-state index is -4.56. The number of piperazine rings is 1. The molecule has 9 nitrogen and oxygen atoms in total. The molecule has 1 unspecified atom stereocenters. The lowest BCUT2D eigenvalue weighted by Crippen LogP contribution is -2.52. The van der Waals surface area contributed by atoms with Gasteiger partial charge < -0.3 is 10.6 Å². The number of amides is 2. The molecule has 0 bridgehead atoms. The number of sulfonamides is 1. The van der Waals surface area contributed by atoms with Gasteiger partial charge >= 0.3 is 6.18 Å². The summed E-state index contributed by atoms with van der Waals surface area (Å²) in [6.07, 6.45) is -3.13. The largest absolute Gasteiger partial charge is 0.416 e. The van der Waals surface area contributed by atoms with Gasteiger partial charge in [0.1, 0.15) is 0 Å². The van der Waals surface area contributed by atoms with Gasteiger partial charge in [-0.25, -0.2) is 8.42 Å². The molecule has 39 heavy (non-hydrogen) atoms. The van der Waals surface area contributed by atoms with Crippen LogP contribution >= 0.6 is 0 Å². The number of hydrogen-bond acceptors (Lipinski definition) is 6. The van der Waals surface area contributed by atoms with Gasteiger partial charge in [-0.3, -0.25) is 19.4 Å². The molecular formula is C26H32F3N5O4S. The Kier molecular flexibility index (Phi) is 9.26. The summed E-state index contributed by atoms with van der Waals surface area (Å²) in [5.74, 6) is -1.18. The summed E-state index contributed by atoms with van der Waals surface area (Å²) in [6, 6.07) is 12.4. The smallest absolute Gasteiger partial charge is 0.343 e. The number of benzene rings is 2. The highest BCUT2D eigenvalue weighted by molar-refractivity contribution is 7.89. The van der Waals surface area contributed by atoms with Crippen molar-refractivity contribution in [3.63, 3.8) is 0 Å². The van der Waals surface area contributed by atoms with Crippen LogP contribution in [0.1, 0.15) is 28.8 Å². The Bertz CT molecular complexity index is 1250. The quantitative estimate of drug-likeness (QED) is 0.481. The summed E-state index contributed by atoms with van der Waals surface area (Å²) in [7, 11) is -3.51. The maximum absolute atomic E-state index is 12.9. The van der Waals surface area contributed by atoms with Crippen molar-refractivity contribution in [1.29, 1.82) is 0 Å². The van der Waals surface area contributed by atoms with Gasteiger partial charge in [0.15, 0.2) is 0 Å². The molecule has 1 atom stereocenters. The third-order valence-electron chi connectivity index (χ3n) is 6.97. The van der Waals surface area contributed by atoms with Crippen LogP contribution in [-0.4, -0.2) is 92.9 Å². The minimum absolute atomic E-state index is 0.170. The second kappa shape index (κ2) is 12.5. The molecule has 0 aromatic heterocycles. The topological polar surface area (TPSA) is 102 Å². The summed E-state index contributed by atoms with van der Waals surface area (Å²) in [4.78, 5) is 29.3. The molecular weight excluding hydrogens is 535 g/mol. The van der Waals surface area contributed by atoms with Gasteiger partial charge in [-0.15, -0.1) is 0 Å². The second-order valence-corrected chi connectivity index (χ2v) is 11.5. The number of alkyl halides is 3. The van der Waals surface area contributed by atoms with Crippen molar-refractivity contribution >= 4 is 21.8 Å². The van der Waals surface area contributed by atoms with Crippen LogP contribution in [0.3, 0.4) is 0 Å². The van der Waals surface area contributed by atoms with Crippen LogP contribution in [0.15, 0.2) is 59.5 Å². The first-order chi connectivity index (χ1) is 18.5. The van der Waals surface area contributed by atoms with Crippen LogP contribution in [0.25, 0.3) is 0 Å². The molecule has 0 aliphatic carbocycles. The Hall–Kier alpha value is -3.00. The first-order valence-corrected chi connectivity index (χ1v) is 14.2. The lowest BCUT2D eigenvalue weighted by molar-refractivity contribution is -0.137. The second-order valence-electron chi connectivity index (χ2n) is 9.58. The lowest BCUT2D eigenvalue weighted by atomic mass is 10.1. The molecule has 2 aromatic carbocycles. The fourth-order valence-corrected chi connectivity index (χ4v) is 6.24. The van der Waals surface area contributed by atoms with Gasteiger partial charge in [0.05, 0.1) is 23.2 Å². The fraction of sp³-hybridized carbons (Fsp3) is 0.462. The molecule has 0 spiro atoms. The van der Waals surface area contributed by atoms with Gasteiger partial charge in [0.25, 0.3) is 5.91 Å². The van der Waals surface area contributed by atoms with Crippen molar-refractivity contribution in [2.24, 2.45) is 0 Å². The van der Waals surface area contributed by atoms with E-state index in [9.17, 15) is 31.2 Å². The number of nitrogens with one attached hydrogen (secondary N) is 2. The molecule has 2 heterocycles. The molecule has 2 fully saturated rings. The van der Waals surface area contributed by atoms with Crippen LogP contribution < -0.4 is 10.6 Å². The standard InChI is InChI=1S/C26H32F3N5O4S/c27-26(28,29)21-7-4-6-20(18-21)25(36)30-19-24(35)31-23-10-5-11-33(23)15-12-32-13-16-34(17-14-32)39(37,38)22-8-2-1-3-9-22/h1-4,6-9,18,23H,5,10-17,19H2,(H,30,36)(H,31,35). The lowest BCUT2D eigenvalue weighted by Gasteiger charge is -2.35. The average Bonchev–Trinajstić information content (AvgIpc) is 3.37. The highest BCUT2D eigenvalue weighted by Gasteiger charge is 2.32. The van der Waals surface area contributed by atoms with Crippen LogP contribution in [-0.2, 0) is 21.0 Å². The SMILES string of the molecule is O=C(CNC(=O)c1cccc(C(F)(F)F)c1)NC1CCCN1CCN1CCN(S(=O)(=O)c2ccccc2)CC1. The molecule has 0 radical (unpaired) electrons. The summed E-state index contributed by atoms with van der Waals surface area (Å²) < 4.78 is 65.8. The predicted octanol–water partition coefficient (Wildman–Crippen LogP) is 1.98. The van der Waals surface area contributed by atoms with Gasteiger partial charge in [-0.1, -0.05) is 24.3 Å². The van der Waals surface area contributed by atoms with E-state index in [2.05, 4.69) is 20.4 Å². The Morgan fingerprint density at radius 3 is 2.33 bits per heavy atom. The number of carbonyl (C=O) groups is 2. The zero-order valence-electron chi connectivity index (χ0n) is 21.4. The molecule has 2 N–H and O–H groups in total. The molecule has 0 saturated carbocycles. The van der Waals surface area contributed by atoms with Crippen molar-refractivity contribution in [2.75, 3.05) is 52.4 Å². The molecule has 2 aromatic rings. The Balaban J connectivity index is 1.20. The number of carbonyl (C=O) groups excluding carboxylic acids is 2. The normalized spacial score (nSPS) is 19.6. The molecule has 2 saturated heterocycles. The summed E-state index contributed by atoms with van der Waals surface area (Å²) >= 11 is 0. The van der Waals surface area contributed by atoms with E-state index in [1.807, 2.05) is 0 Å². The van der Waals surface area contributed by atoms with Gasteiger partial charge in [-0.05, 0) is 43.2 Å².